The molecule has 6 nitrogen and oxygen atoms in total. The third-order valence-electron chi connectivity index (χ3n) is 4.68. The van der Waals surface area contributed by atoms with Gasteiger partial charge in [-0.25, -0.2) is 4.79 Å². The number of hydrazine groups is 1. The summed E-state index contributed by atoms with van der Waals surface area (Å²) < 4.78 is 0. The maximum absolute atomic E-state index is 12.7. The highest BCUT2D eigenvalue weighted by atomic mass is 32.1. The number of thiocarbonyl (C=S) groups is 1. The van der Waals surface area contributed by atoms with Crippen molar-refractivity contribution in [2.45, 2.75) is 51.0 Å². The van der Waals surface area contributed by atoms with Gasteiger partial charge in [0.05, 0.1) is 0 Å². The summed E-state index contributed by atoms with van der Waals surface area (Å²) in [6.45, 7) is 2.08. The molecule has 2 fully saturated rings. The summed E-state index contributed by atoms with van der Waals surface area (Å²) in [5.41, 5.74) is 3.98. The first kappa shape index (κ1) is 16.7. The van der Waals surface area contributed by atoms with E-state index in [1.54, 1.807) is 0 Å². The first-order valence-electron chi connectivity index (χ1n) is 8.37. The summed E-state index contributed by atoms with van der Waals surface area (Å²) in [7, 11) is 0. The molecule has 0 aromatic heterocycles. The van der Waals surface area contributed by atoms with Crippen molar-refractivity contribution in [1.82, 2.24) is 15.8 Å². The van der Waals surface area contributed by atoms with Crippen molar-refractivity contribution >= 4 is 35.0 Å². The fourth-order valence-electron chi connectivity index (χ4n) is 3.35. The molecule has 1 aliphatic heterocycles. The van der Waals surface area contributed by atoms with Gasteiger partial charge in [-0.05, 0) is 49.2 Å². The molecule has 2 aliphatic rings. The third kappa shape index (κ3) is 3.21. The number of aryl methyl sites for hydroxylation is 1. The summed E-state index contributed by atoms with van der Waals surface area (Å²) in [4.78, 5) is 24.9. The number of nitrogens with one attached hydrogen (secondary N) is 3. The molecule has 3 amide bonds. The van der Waals surface area contributed by atoms with E-state index in [2.05, 4.69) is 23.0 Å². The van der Waals surface area contributed by atoms with Crippen LogP contribution < -0.4 is 16.1 Å². The maximum Gasteiger partial charge on any atom is 0.344 e. The second-order valence-corrected chi connectivity index (χ2v) is 6.74. The van der Waals surface area contributed by atoms with Crippen LogP contribution in [0.1, 0.15) is 44.6 Å². The molecule has 1 saturated carbocycles. The molecule has 1 aromatic rings. The van der Waals surface area contributed by atoms with Gasteiger partial charge in [0.25, 0.3) is 5.91 Å². The van der Waals surface area contributed by atoms with E-state index in [4.69, 9.17) is 12.2 Å². The van der Waals surface area contributed by atoms with Gasteiger partial charge in [0.15, 0.2) is 5.11 Å². The second-order valence-electron chi connectivity index (χ2n) is 6.33. The molecule has 128 valence electrons. The van der Waals surface area contributed by atoms with E-state index in [0.29, 0.717) is 12.8 Å². The number of rotatable bonds is 3. The number of anilines is 1. The van der Waals surface area contributed by atoms with Gasteiger partial charge in [-0.2, -0.15) is 5.01 Å². The van der Waals surface area contributed by atoms with Crippen LogP contribution in [0.2, 0.25) is 0 Å². The van der Waals surface area contributed by atoms with Crippen molar-refractivity contribution in [1.29, 1.82) is 0 Å². The van der Waals surface area contributed by atoms with Crippen LogP contribution in [0.3, 0.4) is 0 Å². The van der Waals surface area contributed by atoms with E-state index in [-0.39, 0.29) is 11.0 Å². The molecule has 7 heteroatoms. The van der Waals surface area contributed by atoms with Gasteiger partial charge in [0.2, 0.25) is 0 Å². The Labute approximate surface area is 146 Å². The number of carbonyl (C=O) groups excluding carboxylic acids is 2. The summed E-state index contributed by atoms with van der Waals surface area (Å²) in [5, 5.41) is 7.09. The molecule has 1 aliphatic carbocycles. The Morgan fingerprint density at radius 2 is 2.04 bits per heavy atom. The minimum Gasteiger partial charge on any atom is -0.331 e. The number of nitrogens with zero attached hydrogens (tertiary/aromatic N) is 1. The molecule has 3 rings (SSSR count). The smallest absolute Gasteiger partial charge is 0.331 e. The zero-order valence-corrected chi connectivity index (χ0v) is 14.5. The van der Waals surface area contributed by atoms with Crippen molar-refractivity contribution in [2.75, 3.05) is 5.32 Å². The van der Waals surface area contributed by atoms with Crippen LogP contribution in [0.15, 0.2) is 24.3 Å². The lowest BCUT2D eigenvalue weighted by Gasteiger charge is -2.30. The van der Waals surface area contributed by atoms with Crippen molar-refractivity contribution in [3.8, 4) is 0 Å². The van der Waals surface area contributed by atoms with Gasteiger partial charge in [-0.1, -0.05) is 38.3 Å². The largest absolute Gasteiger partial charge is 0.344 e. The molecule has 0 unspecified atom stereocenters. The molecule has 24 heavy (non-hydrogen) atoms. The summed E-state index contributed by atoms with van der Waals surface area (Å²) in [6.07, 6.45) is 5.30. The van der Waals surface area contributed by atoms with Crippen molar-refractivity contribution in [3.63, 3.8) is 0 Å². The van der Waals surface area contributed by atoms with Gasteiger partial charge >= 0.3 is 6.03 Å². The summed E-state index contributed by atoms with van der Waals surface area (Å²) in [5.74, 6) is -0.237. The van der Waals surface area contributed by atoms with E-state index < -0.39 is 11.6 Å². The third-order valence-corrected chi connectivity index (χ3v) is 4.87. The lowest BCUT2D eigenvalue weighted by atomic mass is 9.82. The van der Waals surface area contributed by atoms with Crippen molar-refractivity contribution in [2.24, 2.45) is 0 Å². The minimum atomic E-state index is -0.750. The van der Waals surface area contributed by atoms with Gasteiger partial charge in [-0.15, -0.1) is 0 Å². The first-order valence-corrected chi connectivity index (χ1v) is 8.78. The highest BCUT2D eigenvalue weighted by molar-refractivity contribution is 7.80. The number of imide groups is 1. The zero-order valence-electron chi connectivity index (χ0n) is 13.7. The minimum absolute atomic E-state index is 0.222. The Bertz CT molecular complexity index is 670. The van der Waals surface area contributed by atoms with E-state index in [1.807, 2.05) is 24.3 Å². The van der Waals surface area contributed by atoms with E-state index in [0.717, 1.165) is 36.4 Å². The molecular weight excluding hydrogens is 324 g/mol. The lowest BCUT2D eigenvalue weighted by Crippen LogP contribution is -2.51. The van der Waals surface area contributed by atoms with Gasteiger partial charge in [0, 0.05) is 5.69 Å². The topological polar surface area (TPSA) is 73.5 Å². The van der Waals surface area contributed by atoms with Crippen LogP contribution in [-0.2, 0) is 11.2 Å². The fourth-order valence-corrected chi connectivity index (χ4v) is 3.55. The van der Waals surface area contributed by atoms with Gasteiger partial charge in [-0.3, -0.25) is 10.2 Å². The van der Waals surface area contributed by atoms with Gasteiger partial charge in [0.1, 0.15) is 5.54 Å². The number of benzene rings is 1. The van der Waals surface area contributed by atoms with Gasteiger partial charge < -0.3 is 10.6 Å². The SMILES string of the molecule is CCc1cccc(NC(=S)NN2C(=O)NC3(CCCCC3)C2=O)c1. The van der Waals surface area contributed by atoms with Crippen LogP contribution in [-0.4, -0.2) is 27.6 Å². The standard InChI is InChI=1S/C17H22N4O2S/c1-2-12-7-6-8-13(11-12)18-15(24)20-21-14(22)17(19-16(21)23)9-4-3-5-10-17/h6-8,11H,2-5,9-10H2,1H3,(H,19,23)(H2,18,20,24). The Morgan fingerprint density at radius 3 is 2.75 bits per heavy atom. The number of urea groups is 1. The molecule has 0 radical (unpaired) electrons. The van der Waals surface area contributed by atoms with E-state index in [1.165, 1.54) is 5.56 Å². The van der Waals surface area contributed by atoms with E-state index >= 15 is 0 Å². The lowest BCUT2D eigenvalue weighted by molar-refractivity contribution is -0.133. The molecular formula is C17H22N4O2S. The monoisotopic (exact) mass is 346 g/mol. The van der Waals surface area contributed by atoms with Crippen LogP contribution in [0.5, 0.6) is 0 Å². The van der Waals surface area contributed by atoms with Crippen LogP contribution in [0, 0.1) is 0 Å². The molecule has 0 atom stereocenters. The maximum atomic E-state index is 12.7. The quantitative estimate of drug-likeness (QED) is 0.580. The van der Waals surface area contributed by atoms with Crippen LogP contribution in [0.4, 0.5) is 10.5 Å². The average Bonchev–Trinajstić information content (AvgIpc) is 2.80. The number of amides is 3. The van der Waals surface area contributed by atoms with Crippen molar-refractivity contribution < 1.29 is 9.59 Å². The average molecular weight is 346 g/mol. The second kappa shape index (κ2) is 6.76. The summed E-state index contributed by atoms with van der Waals surface area (Å²) >= 11 is 5.25. The molecule has 0 bridgehead atoms. The Balaban J connectivity index is 1.65. The molecule has 1 spiro atoms. The van der Waals surface area contributed by atoms with Crippen LogP contribution in [0.25, 0.3) is 0 Å². The Hall–Kier alpha value is -2.15. The highest BCUT2D eigenvalue weighted by Crippen LogP contribution is 2.33. The summed E-state index contributed by atoms with van der Waals surface area (Å²) in [6, 6.07) is 7.42. The number of carbonyl (C=O) groups is 2. The number of hydrogen-bond acceptors (Lipinski definition) is 3. The molecule has 1 aromatic carbocycles. The molecule has 3 N–H and O–H groups in total. The highest BCUT2D eigenvalue weighted by Gasteiger charge is 2.51. The van der Waals surface area contributed by atoms with Crippen LogP contribution >= 0.6 is 12.2 Å². The normalized spacial score (nSPS) is 19.3. The Kier molecular flexibility index (Phi) is 4.71. The predicted molar refractivity (Wildman–Crippen MR) is 96.4 cm³/mol. The van der Waals surface area contributed by atoms with E-state index in [9.17, 15) is 9.59 Å². The van der Waals surface area contributed by atoms with Crippen molar-refractivity contribution in [3.05, 3.63) is 29.8 Å². The predicted octanol–water partition coefficient (Wildman–Crippen LogP) is 2.71. The first-order chi connectivity index (χ1) is 11.5. The number of hydrogen-bond donors (Lipinski definition) is 3. The zero-order chi connectivity index (χ0) is 17.2. The fraction of sp³-hybridized carbons (Fsp3) is 0.471. The molecule has 1 heterocycles. The Morgan fingerprint density at radius 1 is 1.29 bits per heavy atom. The molecule has 1 saturated heterocycles.